The number of hydrogen-bond donors (Lipinski definition) is 4. The molecule has 2 aromatic carbocycles. The highest BCUT2D eigenvalue weighted by molar-refractivity contribution is 7.87. The maximum absolute atomic E-state index is 13.4. The van der Waals surface area contributed by atoms with Crippen molar-refractivity contribution in [1.82, 2.24) is 0 Å². The number of allylic oxidation sites excluding steroid dienone is 4. The number of carbonyl (C=O) groups is 2. The Labute approximate surface area is 284 Å². The fraction of sp³-hybridized carbons (Fsp3) is 0.154. The quantitative estimate of drug-likeness (QED) is 0.0551. The lowest BCUT2D eigenvalue weighted by molar-refractivity contribution is -0.279. The molecular weight excluding hydrogens is 753 g/mol. The summed E-state index contributed by atoms with van der Waals surface area (Å²) in [5.74, 6) is -3.07. The van der Waals surface area contributed by atoms with E-state index in [0.29, 0.717) is 46.4 Å². The molecule has 2 aliphatic rings. The van der Waals surface area contributed by atoms with Crippen molar-refractivity contribution in [1.29, 1.82) is 0 Å². The Morgan fingerprint density at radius 3 is 1.78 bits per heavy atom. The Morgan fingerprint density at radius 1 is 0.740 bits per heavy atom. The normalized spacial score (nSPS) is 18.4. The van der Waals surface area contributed by atoms with E-state index in [0.717, 1.165) is 6.21 Å². The summed E-state index contributed by atoms with van der Waals surface area (Å²) in [5.41, 5.74) is -1.76. The summed E-state index contributed by atoms with van der Waals surface area (Å²) < 4.78 is 132. The summed E-state index contributed by atoms with van der Waals surface area (Å²) in [7, 11) is -19.8. The number of anilines is 2. The van der Waals surface area contributed by atoms with E-state index >= 15 is 0 Å². The van der Waals surface area contributed by atoms with Crippen molar-refractivity contribution in [3.05, 3.63) is 72.4 Å². The molecule has 4 rings (SSSR count). The Hall–Kier alpha value is -4.50. The maximum atomic E-state index is 13.4. The Kier molecular flexibility index (Phi) is 11.0. The summed E-state index contributed by atoms with van der Waals surface area (Å²) in [4.78, 5) is 32.8. The molecule has 2 aliphatic heterocycles. The van der Waals surface area contributed by atoms with Gasteiger partial charge >= 0.3 is 0 Å². The Bertz CT molecular complexity index is 2350. The predicted molar refractivity (Wildman–Crippen MR) is 170 cm³/mol. The maximum Gasteiger partial charge on any atom is 0.296 e. The van der Waals surface area contributed by atoms with Crippen molar-refractivity contribution in [2.75, 3.05) is 23.2 Å². The van der Waals surface area contributed by atoms with Gasteiger partial charge in [0, 0.05) is 6.21 Å². The molecule has 0 saturated heterocycles. The smallest absolute Gasteiger partial charge is 0.282 e. The van der Waals surface area contributed by atoms with E-state index < -0.39 is 95.8 Å². The molecule has 0 aliphatic carbocycles. The number of rotatable bonds is 13. The molecule has 1 unspecified atom stereocenters. The first-order valence-electron chi connectivity index (χ1n) is 13.4. The summed E-state index contributed by atoms with van der Waals surface area (Å²) in [5, 5.41) is 8.73. The standard InChI is InChI=1S/C26H24N4O16S4/c1-2-45-46-15-20-19(26(32)30(28-20)22-13-18(48(36,37)38)9-11-24(22)50(42,43)44)7-5-3-4-6-16-14-27-29(25(16)31)21-12-17(47(33,34)35)8-10-23(21)49(39,40)41/h3-14,16H,2,15H2,1H3,(H,33,34,35)(H,36,37,38)(H,39,40,41)(H,42,43,44). The average Bonchev–Trinajstić information content (AvgIpc) is 3.53. The van der Waals surface area contributed by atoms with Gasteiger partial charge in [0.25, 0.3) is 52.3 Å². The fourth-order valence-electron chi connectivity index (χ4n) is 4.27. The first kappa shape index (κ1) is 38.3. The largest absolute Gasteiger partial charge is 0.296 e. The van der Waals surface area contributed by atoms with E-state index in [1.807, 2.05) is 0 Å². The Morgan fingerprint density at radius 2 is 1.28 bits per heavy atom. The van der Waals surface area contributed by atoms with Crippen LogP contribution in [0.5, 0.6) is 0 Å². The van der Waals surface area contributed by atoms with Gasteiger partial charge in [-0.05, 0) is 49.4 Å². The molecule has 2 heterocycles. The third-order valence-electron chi connectivity index (χ3n) is 6.46. The molecule has 4 N–H and O–H groups in total. The van der Waals surface area contributed by atoms with Crippen molar-refractivity contribution in [2.24, 2.45) is 16.1 Å². The highest BCUT2D eigenvalue weighted by Crippen LogP contribution is 2.33. The van der Waals surface area contributed by atoms with E-state index in [-0.39, 0.29) is 17.9 Å². The van der Waals surface area contributed by atoms with Crippen LogP contribution in [0.15, 0.2) is 102 Å². The minimum atomic E-state index is -5.05. The van der Waals surface area contributed by atoms with Gasteiger partial charge in [-0.2, -0.15) is 53.9 Å². The molecule has 2 aromatic rings. The monoisotopic (exact) mass is 776 g/mol. The molecule has 1 atom stereocenters. The van der Waals surface area contributed by atoms with Crippen LogP contribution in [0.1, 0.15) is 6.92 Å². The van der Waals surface area contributed by atoms with E-state index in [9.17, 15) is 61.5 Å². The van der Waals surface area contributed by atoms with Crippen molar-refractivity contribution < 1.29 is 71.2 Å². The molecule has 2 amide bonds. The molecule has 0 radical (unpaired) electrons. The lowest BCUT2D eigenvalue weighted by atomic mass is 10.1. The highest BCUT2D eigenvalue weighted by atomic mass is 32.2. The minimum Gasteiger partial charge on any atom is -0.282 e. The van der Waals surface area contributed by atoms with Gasteiger partial charge < -0.3 is 0 Å². The summed E-state index contributed by atoms with van der Waals surface area (Å²) in [6, 6.07) is 3.90. The minimum absolute atomic E-state index is 0.0850. The van der Waals surface area contributed by atoms with Crippen molar-refractivity contribution in [2.45, 2.75) is 26.5 Å². The van der Waals surface area contributed by atoms with Gasteiger partial charge in [-0.1, -0.05) is 24.3 Å². The molecule has 20 nitrogen and oxygen atoms in total. The van der Waals surface area contributed by atoms with E-state index in [1.165, 1.54) is 30.4 Å². The van der Waals surface area contributed by atoms with Gasteiger partial charge in [0.15, 0.2) is 0 Å². The van der Waals surface area contributed by atoms with Crippen LogP contribution in [-0.2, 0) is 59.8 Å². The van der Waals surface area contributed by atoms with Gasteiger partial charge in [-0.3, -0.25) is 27.8 Å². The van der Waals surface area contributed by atoms with Crippen LogP contribution in [-0.4, -0.2) is 88.8 Å². The number of amides is 2. The number of carbonyl (C=O) groups excluding carboxylic acids is 2. The van der Waals surface area contributed by atoms with Gasteiger partial charge in [0.2, 0.25) is 0 Å². The zero-order valence-corrected chi connectivity index (χ0v) is 28.3. The van der Waals surface area contributed by atoms with Crippen LogP contribution < -0.4 is 10.0 Å². The summed E-state index contributed by atoms with van der Waals surface area (Å²) in [6.07, 6.45) is 7.36. The molecule has 0 spiro atoms. The summed E-state index contributed by atoms with van der Waals surface area (Å²) >= 11 is 0. The van der Waals surface area contributed by atoms with Crippen LogP contribution >= 0.6 is 0 Å². The molecule has 50 heavy (non-hydrogen) atoms. The summed E-state index contributed by atoms with van der Waals surface area (Å²) in [6.45, 7) is 1.20. The Balaban J connectivity index is 1.61. The van der Waals surface area contributed by atoms with E-state index in [1.54, 1.807) is 6.92 Å². The second-order valence-electron chi connectivity index (χ2n) is 9.78. The van der Waals surface area contributed by atoms with Gasteiger partial charge in [0.1, 0.15) is 22.1 Å². The number of nitrogens with zero attached hydrogens (tertiary/aromatic N) is 4. The van der Waals surface area contributed by atoms with Gasteiger partial charge in [0.05, 0.1) is 39.3 Å². The van der Waals surface area contributed by atoms with E-state index in [2.05, 4.69) is 10.2 Å². The molecule has 24 heteroatoms. The van der Waals surface area contributed by atoms with Crippen LogP contribution in [0.3, 0.4) is 0 Å². The molecule has 0 fully saturated rings. The van der Waals surface area contributed by atoms with Crippen molar-refractivity contribution in [3.63, 3.8) is 0 Å². The van der Waals surface area contributed by atoms with Crippen LogP contribution in [0.2, 0.25) is 0 Å². The molecule has 0 bridgehead atoms. The van der Waals surface area contributed by atoms with Crippen LogP contribution in [0.25, 0.3) is 0 Å². The lowest BCUT2D eigenvalue weighted by Gasteiger charge is -2.16. The van der Waals surface area contributed by atoms with Gasteiger partial charge in [-0.25, -0.2) is 9.78 Å². The molecule has 0 aromatic heterocycles. The number of benzene rings is 2. The third kappa shape index (κ3) is 8.62. The zero-order chi connectivity index (χ0) is 37.2. The topological polar surface area (TPSA) is 301 Å². The van der Waals surface area contributed by atoms with Gasteiger partial charge in [-0.15, -0.1) is 0 Å². The number of hydrogen-bond acceptors (Lipinski definition) is 14. The fourth-order valence-corrected chi connectivity index (χ4v) is 6.57. The lowest BCUT2D eigenvalue weighted by Crippen LogP contribution is -2.26. The first-order chi connectivity index (χ1) is 23.1. The van der Waals surface area contributed by atoms with Crippen LogP contribution in [0.4, 0.5) is 11.4 Å². The average molecular weight is 777 g/mol. The zero-order valence-electron chi connectivity index (χ0n) is 25.0. The predicted octanol–water partition coefficient (Wildman–Crippen LogP) is 1.03. The third-order valence-corrected chi connectivity index (χ3v) is 9.96. The second-order valence-corrected chi connectivity index (χ2v) is 15.4. The molecular formula is C26H24N4O16S4. The first-order valence-corrected chi connectivity index (χ1v) is 19.2. The van der Waals surface area contributed by atoms with Crippen molar-refractivity contribution in [3.8, 4) is 0 Å². The highest BCUT2D eigenvalue weighted by Gasteiger charge is 2.36. The van der Waals surface area contributed by atoms with Crippen LogP contribution in [0, 0.1) is 5.92 Å². The second kappa shape index (κ2) is 14.4. The number of hydrazone groups is 2. The SMILES string of the molecule is CCOOCC1=NN(c2cc(S(=O)(=O)O)ccc2S(=O)(=O)O)C(=O)C1=CC=CC=CC1C=NN(c2cc(S(=O)(=O)O)ccc2S(=O)(=O)O)C1=O. The van der Waals surface area contributed by atoms with E-state index in [4.69, 9.17) is 9.78 Å². The van der Waals surface area contributed by atoms with Crippen molar-refractivity contribution >= 4 is 75.6 Å². The molecule has 0 saturated carbocycles. The molecule has 268 valence electrons.